The van der Waals surface area contributed by atoms with Gasteiger partial charge in [0.15, 0.2) is 5.65 Å². The zero-order valence-corrected chi connectivity index (χ0v) is 15.0. The highest BCUT2D eigenvalue weighted by Crippen LogP contribution is 2.30. The Bertz CT molecular complexity index is 659. The molecule has 0 amide bonds. The predicted octanol–water partition coefficient (Wildman–Crippen LogP) is 4.62. The van der Waals surface area contributed by atoms with Gasteiger partial charge in [-0.3, -0.25) is 0 Å². The second-order valence-corrected chi connectivity index (χ2v) is 9.08. The molecule has 0 N–H and O–H groups in total. The molecule has 0 aliphatic rings. The Morgan fingerprint density at radius 1 is 0.714 bits per heavy atom. The lowest BCUT2D eigenvalue weighted by Gasteiger charge is -2.24. The molecule has 0 fully saturated rings. The lowest BCUT2D eigenvalue weighted by atomic mass is 9.86. The topological polar surface area (TPSA) is 30.2 Å². The molecule has 0 spiro atoms. The van der Waals surface area contributed by atoms with Crippen molar-refractivity contribution in [3.8, 4) is 0 Å². The van der Waals surface area contributed by atoms with Gasteiger partial charge in [0.1, 0.15) is 0 Å². The fraction of sp³-hybridized carbons (Fsp3) is 0.667. The van der Waals surface area contributed by atoms with E-state index >= 15 is 0 Å². The standard InChI is InChI=1S/C18H29N3/c1-16(2,3)12-10-14(18(7,8)9)21-15(19-12)11-13(20-21)17(4,5)6/h10-11H,1-9H3. The molecule has 0 aliphatic heterocycles. The van der Waals surface area contributed by atoms with Gasteiger partial charge in [-0.2, -0.15) is 5.10 Å². The van der Waals surface area contributed by atoms with Crippen LogP contribution in [-0.4, -0.2) is 14.6 Å². The van der Waals surface area contributed by atoms with E-state index in [9.17, 15) is 0 Å². The lowest BCUT2D eigenvalue weighted by Crippen LogP contribution is -2.22. The minimum Gasteiger partial charge on any atom is -0.233 e. The van der Waals surface area contributed by atoms with Crippen molar-refractivity contribution in [3.63, 3.8) is 0 Å². The van der Waals surface area contributed by atoms with Crippen LogP contribution in [0, 0.1) is 0 Å². The largest absolute Gasteiger partial charge is 0.233 e. The van der Waals surface area contributed by atoms with E-state index in [2.05, 4.69) is 74.4 Å². The summed E-state index contributed by atoms with van der Waals surface area (Å²) in [6, 6.07) is 4.34. The van der Waals surface area contributed by atoms with Crippen LogP contribution in [0.4, 0.5) is 0 Å². The predicted molar refractivity (Wildman–Crippen MR) is 89.1 cm³/mol. The molecule has 2 heterocycles. The average molecular weight is 287 g/mol. The number of aromatic nitrogens is 3. The van der Waals surface area contributed by atoms with Crippen molar-refractivity contribution in [3.05, 3.63) is 29.2 Å². The van der Waals surface area contributed by atoms with Gasteiger partial charge in [0.25, 0.3) is 0 Å². The monoisotopic (exact) mass is 287 g/mol. The van der Waals surface area contributed by atoms with Crippen LogP contribution in [0.25, 0.3) is 5.65 Å². The van der Waals surface area contributed by atoms with Crippen molar-refractivity contribution in [2.45, 2.75) is 78.6 Å². The van der Waals surface area contributed by atoms with Crippen molar-refractivity contribution in [1.29, 1.82) is 0 Å². The molecule has 3 nitrogen and oxygen atoms in total. The second-order valence-electron chi connectivity index (χ2n) is 9.08. The Labute approximate surface area is 128 Å². The summed E-state index contributed by atoms with van der Waals surface area (Å²) in [5.74, 6) is 0. The molecular weight excluding hydrogens is 258 g/mol. The smallest absolute Gasteiger partial charge is 0.155 e. The van der Waals surface area contributed by atoms with E-state index < -0.39 is 0 Å². The maximum Gasteiger partial charge on any atom is 0.155 e. The summed E-state index contributed by atoms with van der Waals surface area (Å²) in [4.78, 5) is 4.86. The molecule has 2 aromatic rings. The fourth-order valence-corrected chi connectivity index (χ4v) is 2.26. The highest BCUT2D eigenvalue weighted by molar-refractivity contribution is 5.45. The quantitative estimate of drug-likeness (QED) is 0.707. The van der Waals surface area contributed by atoms with Crippen LogP contribution in [0.5, 0.6) is 0 Å². The molecule has 0 saturated heterocycles. The third-order valence-electron chi connectivity index (χ3n) is 3.73. The van der Waals surface area contributed by atoms with E-state index in [0.717, 1.165) is 17.0 Å². The molecule has 0 aliphatic carbocycles. The van der Waals surface area contributed by atoms with Crippen LogP contribution < -0.4 is 0 Å². The summed E-state index contributed by atoms with van der Waals surface area (Å²) in [6.45, 7) is 19.9. The number of fused-ring (bicyclic) bond motifs is 1. The Balaban J connectivity index is 2.81. The fourth-order valence-electron chi connectivity index (χ4n) is 2.26. The molecular formula is C18H29N3. The zero-order valence-electron chi connectivity index (χ0n) is 15.0. The van der Waals surface area contributed by atoms with Crippen LogP contribution in [0.3, 0.4) is 0 Å². The van der Waals surface area contributed by atoms with Crippen molar-refractivity contribution >= 4 is 5.65 Å². The van der Waals surface area contributed by atoms with Crippen LogP contribution >= 0.6 is 0 Å². The summed E-state index contributed by atoms with van der Waals surface area (Å²) >= 11 is 0. The van der Waals surface area contributed by atoms with Crippen LogP contribution in [0.1, 0.15) is 79.4 Å². The Hall–Kier alpha value is -1.38. The van der Waals surface area contributed by atoms with E-state index in [1.165, 1.54) is 5.69 Å². The second kappa shape index (κ2) is 4.56. The number of hydrogen-bond acceptors (Lipinski definition) is 2. The van der Waals surface area contributed by atoms with Crippen molar-refractivity contribution in [2.24, 2.45) is 0 Å². The van der Waals surface area contributed by atoms with E-state index in [-0.39, 0.29) is 16.2 Å². The molecule has 116 valence electrons. The summed E-state index contributed by atoms with van der Waals surface area (Å²) in [5, 5.41) is 4.83. The van der Waals surface area contributed by atoms with Gasteiger partial charge in [0, 0.05) is 22.3 Å². The van der Waals surface area contributed by atoms with Gasteiger partial charge in [0.05, 0.1) is 17.1 Å². The lowest BCUT2D eigenvalue weighted by molar-refractivity contribution is 0.515. The summed E-state index contributed by atoms with van der Waals surface area (Å²) in [5.41, 5.74) is 4.48. The number of nitrogens with zero attached hydrogens (tertiary/aromatic N) is 3. The Kier molecular flexibility index (Phi) is 3.47. The molecule has 2 aromatic heterocycles. The summed E-state index contributed by atoms with van der Waals surface area (Å²) in [6.07, 6.45) is 0. The van der Waals surface area contributed by atoms with Crippen molar-refractivity contribution in [1.82, 2.24) is 14.6 Å². The van der Waals surface area contributed by atoms with Gasteiger partial charge in [-0.15, -0.1) is 0 Å². The first kappa shape index (κ1) is 16.0. The number of hydrogen-bond donors (Lipinski definition) is 0. The minimum atomic E-state index is 0.0301. The first-order valence-corrected chi connectivity index (χ1v) is 7.72. The van der Waals surface area contributed by atoms with Crippen LogP contribution in [0.2, 0.25) is 0 Å². The average Bonchev–Trinajstić information content (AvgIpc) is 2.67. The highest BCUT2D eigenvalue weighted by atomic mass is 15.3. The molecule has 0 bridgehead atoms. The van der Waals surface area contributed by atoms with E-state index in [0.29, 0.717) is 0 Å². The molecule has 3 heteroatoms. The van der Waals surface area contributed by atoms with Gasteiger partial charge in [0.2, 0.25) is 0 Å². The van der Waals surface area contributed by atoms with Gasteiger partial charge in [-0.1, -0.05) is 62.3 Å². The third kappa shape index (κ3) is 3.12. The van der Waals surface area contributed by atoms with Crippen molar-refractivity contribution in [2.75, 3.05) is 0 Å². The van der Waals surface area contributed by atoms with Crippen LogP contribution in [-0.2, 0) is 16.2 Å². The molecule has 0 aromatic carbocycles. The summed E-state index contributed by atoms with van der Waals surface area (Å²) in [7, 11) is 0. The van der Waals surface area contributed by atoms with Gasteiger partial charge in [-0.05, 0) is 6.07 Å². The third-order valence-corrected chi connectivity index (χ3v) is 3.73. The van der Waals surface area contributed by atoms with Gasteiger partial charge >= 0.3 is 0 Å². The molecule has 0 atom stereocenters. The van der Waals surface area contributed by atoms with Crippen LogP contribution in [0.15, 0.2) is 12.1 Å². The maximum absolute atomic E-state index is 4.86. The van der Waals surface area contributed by atoms with Crippen molar-refractivity contribution < 1.29 is 0 Å². The van der Waals surface area contributed by atoms with Gasteiger partial charge in [-0.25, -0.2) is 9.50 Å². The van der Waals surface area contributed by atoms with Gasteiger partial charge < -0.3 is 0 Å². The molecule has 0 saturated carbocycles. The van der Waals surface area contributed by atoms with E-state index in [1.807, 2.05) is 4.52 Å². The van der Waals surface area contributed by atoms with E-state index in [1.54, 1.807) is 0 Å². The van der Waals surface area contributed by atoms with E-state index in [4.69, 9.17) is 10.1 Å². The minimum absolute atomic E-state index is 0.0301. The maximum atomic E-state index is 4.86. The normalized spacial score (nSPS) is 14.0. The molecule has 0 radical (unpaired) electrons. The summed E-state index contributed by atoms with van der Waals surface area (Å²) < 4.78 is 2.02. The zero-order chi connectivity index (χ0) is 16.2. The molecule has 2 rings (SSSR count). The highest BCUT2D eigenvalue weighted by Gasteiger charge is 2.26. The molecule has 21 heavy (non-hydrogen) atoms. The SMILES string of the molecule is CC(C)(C)c1cc(C(C)(C)C)n2nc(C(C)(C)C)cc2n1. The Morgan fingerprint density at radius 2 is 1.24 bits per heavy atom. The first-order valence-electron chi connectivity index (χ1n) is 7.72. The Morgan fingerprint density at radius 3 is 1.67 bits per heavy atom. The number of rotatable bonds is 0. The first-order chi connectivity index (χ1) is 9.30. The molecule has 0 unspecified atom stereocenters.